The molecule has 7 heteroatoms. The van der Waals surface area contributed by atoms with Gasteiger partial charge in [0.1, 0.15) is 5.82 Å². The maximum Gasteiger partial charge on any atom is 0.313 e. The van der Waals surface area contributed by atoms with Crippen LogP contribution in [-0.4, -0.2) is 16.8 Å². The van der Waals surface area contributed by atoms with Crippen molar-refractivity contribution in [2.75, 3.05) is 5.32 Å². The summed E-state index contributed by atoms with van der Waals surface area (Å²) in [4.78, 5) is 28.1. The SMILES string of the molecule is Cc1ccc(F)c(NC(=O)C(=O)NCc2csc(C(C)(C)C)n2)c1. The second-order valence-electron chi connectivity index (χ2n) is 6.51. The minimum atomic E-state index is -0.911. The fourth-order valence-corrected chi connectivity index (χ4v) is 2.80. The maximum atomic E-state index is 13.6. The van der Waals surface area contributed by atoms with Crippen molar-refractivity contribution in [2.45, 2.75) is 39.7 Å². The Morgan fingerprint density at radius 1 is 1.25 bits per heavy atom. The molecule has 0 aliphatic rings. The topological polar surface area (TPSA) is 71.1 Å². The van der Waals surface area contributed by atoms with Crippen LogP contribution < -0.4 is 10.6 Å². The van der Waals surface area contributed by atoms with Gasteiger partial charge in [0.2, 0.25) is 0 Å². The smallest absolute Gasteiger partial charge is 0.313 e. The normalized spacial score (nSPS) is 11.2. The minimum Gasteiger partial charge on any atom is -0.342 e. The molecule has 0 fully saturated rings. The number of hydrogen-bond acceptors (Lipinski definition) is 4. The van der Waals surface area contributed by atoms with E-state index in [4.69, 9.17) is 0 Å². The lowest BCUT2D eigenvalue weighted by Crippen LogP contribution is -2.35. The Morgan fingerprint density at radius 3 is 2.58 bits per heavy atom. The van der Waals surface area contributed by atoms with Crippen LogP contribution in [0.5, 0.6) is 0 Å². The average Bonchev–Trinajstić information content (AvgIpc) is 2.97. The first kappa shape index (κ1) is 18.1. The molecule has 0 saturated heterocycles. The lowest BCUT2D eigenvalue weighted by Gasteiger charge is -2.13. The lowest BCUT2D eigenvalue weighted by molar-refractivity contribution is -0.136. The predicted octanol–water partition coefficient (Wildman–Crippen LogP) is 3.14. The van der Waals surface area contributed by atoms with E-state index in [-0.39, 0.29) is 17.6 Å². The molecule has 0 unspecified atom stereocenters. The molecule has 1 heterocycles. The highest BCUT2D eigenvalue weighted by atomic mass is 32.1. The number of nitrogens with zero attached hydrogens (tertiary/aromatic N) is 1. The zero-order chi connectivity index (χ0) is 17.9. The predicted molar refractivity (Wildman–Crippen MR) is 92.4 cm³/mol. The molecule has 0 spiro atoms. The fourth-order valence-electron chi connectivity index (χ4n) is 1.90. The number of hydrogen-bond donors (Lipinski definition) is 2. The largest absolute Gasteiger partial charge is 0.342 e. The molecular weight excluding hydrogens is 329 g/mol. The van der Waals surface area contributed by atoms with Crippen LogP contribution in [0.25, 0.3) is 0 Å². The van der Waals surface area contributed by atoms with Crippen molar-refractivity contribution >= 4 is 28.8 Å². The van der Waals surface area contributed by atoms with E-state index in [0.29, 0.717) is 5.69 Å². The molecule has 0 bridgehead atoms. The highest BCUT2D eigenvalue weighted by molar-refractivity contribution is 7.09. The van der Waals surface area contributed by atoms with Crippen molar-refractivity contribution in [1.82, 2.24) is 10.3 Å². The van der Waals surface area contributed by atoms with E-state index < -0.39 is 17.6 Å². The van der Waals surface area contributed by atoms with E-state index in [1.54, 1.807) is 13.0 Å². The number of aryl methyl sites for hydroxylation is 1. The van der Waals surface area contributed by atoms with Crippen LogP contribution in [-0.2, 0) is 21.5 Å². The Kier molecular flexibility index (Phi) is 5.33. The van der Waals surface area contributed by atoms with Crippen molar-refractivity contribution < 1.29 is 14.0 Å². The monoisotopic (exact) mass is 349 g/mol. The van der Waals surface area contributed by atoms with Crippen LogP contribution >= 0.6 is 11.3 Å². The van der Waals surface area contributed by atoms with E-state index >= 15 is 0 Å². The molecule has 128 valence electrons. The van der Waals surface area contributed by atoms with Gasteiger partial charge < -0.3 is 10.6 Å². The van der Waals surface area contributed by atoms with Crippen LogP contribution in [0.1, 0.15) is 37.0 Å². The number of rotatable bonds is 3. The molecule has 0 aliphatic carbocycles. The summed E-state index contributed by atoms with van der Waals surface area (Å²) in [6, 6.07) is 4.29. The van der Waals surface area contributed by atoms with Crippen LogP contribution in [0.4, 0.5) is 10.1 Å². The number of carbonyl (C=O) groups is 2. The molecule has 0 aliphatic heterocycles. The number of benzene rings is 1. The van der Waals surface area contributed by atoms with Gasteiger partial charge in [-0.3, -0.25) is 9.59 Å². The van der Waals surface area contributed by atoms with E-state index in [1.165, 1.54) is 23.5 Å². The van der Waals surface area contributed by atoms with Crippen molar-refractivity contribution in [3.05, 3.63) is 45.7 Å². The quantitative estimate of drug-likeness (QED) is 0.836. The number of amides is 2. The molecule has 0 atom stereocenters. The molecule has 2 aromatic rings. The summed E-state index contributed by atoms with van der Waals surface area (Å²) in [5.41, 5.74) is 1.39. The number of aromatic nitrogens is 1. The third kappa shape index (κ3) is 4.61. The van der Waals surface area contributed by atoms with Gasteiger partial charge in [-0.15, -0.1) is 11.3 Å². The Bertz CT molecular complexity index is 765. The summed E-state index contributed by atoms with van der Waals surface area (Å²) in [5, 5.41) is 7.56. The van der Waals surface area contributed by atoms with Crippen molar-refractivity contribution in [2.24, 2.45) is 0 Å². The lowest BCUT2D eigenvalue weighted by atomic mass is 9.98. The number of nitrogens with one attached hydrogen (secondary N) is 2. The summed E-state index contributed by atoms with van der Waals surface area (Å²) in [6.07, 6.45) is 0. The van der Waals surface area contributed by atoms with Crippen molar-refractivity contribution in [3.8, 4) is 0 Å². The zero-order valence-corrected chi connectivity index (χ0v) is 14.9. The van der Waals surface area contributed by atoms with Gasteiger partial charge in [0.15, 0.2) is 0 Å². The molecule has 0 saturated carbocycles. The summed E-state index contributed by atoms with van der Waals surface area (Å²) in [6.45, 7) is 8.08. The van der Waals surface area contributed by atoms with E-state index in [0.717, 1.165) is 10.6 Å². The van der Waals surface area contributed by atoms with Crippen molar-refractivity contribution in [1.29, 1.82) is 0 Å². The summed E-state index contributed by atoms with van der Waals surface area (Å²) >= 11 is 1.51. The zero-order valence-electron chi connectivity index (χ0n) is 14.1. The summed E-state index contributed by atoms with van der Waals surface area (Å²) in [7, 11) is 0. The van der Waals surface area contributed by atoms with E-state index in [2.05, 4.69) is 36.4 Å². The third-order valence-electron chi connectivity index (χ3n) is 3.20. The first-order valence-corrected chi connectivity index (χ1v) is 8.35. The number of anilines is 1. The molecular formula is C17H20FN3O2S. The first-order valence-electron chi connectivity index (χ1n) is 7.47. The third-order valence-corrected chi connectivity index (χ3v) is 4.52. The standard InChI is InChI=1S/C17H20FN3O2S/c1-10-5-6-12(18)13(7-10)21-15(23)14(22)19-8-11-9-24-16(20-11)17(2,3)4/h5-7,9H,8H2,1-4H3,(H,19,22)(H,21,23). The Labute approximate surface area is 144 Å². The molecule has 2 N–H and O–H groups in total. The second-order valence-corrected chi connectivity index (χ2v) is 7.37. The summed E-state index contributed by atoms with van der Waals surface area (Å²) in [5.74, 6) is -2.33. The molecule has 5 nitrogen and oxygen atoms in total. The maximum absolute atomic E-state index is 13.6. The van der Waals surface area contributed by atoms with Crippen LogP contribution in [0, 0.1) is 12.7 Å². The highest BCUT2D eigenvalue weighted by Gasteiger charge is 2.19. The molecule has 1 aromatic heterocycles. The van der Waals surface area contributed by atoms with E-state index in [9.17, 15) is 14.0 Å². The molecule has 1 aromatic carbocycles. The molecule has 2 rings (SSSR count). The van der Waals surface area contributed by atoms with Gasteiger partial charge in [-0.2, -0.15) is 0 Å². The number of carbonyl (C=O) groups excluding carboxylic acids is 2. The number of halogens is 1. The van der Waals surface area contributed by atoms with Gasteiger partial charge in [-0.1, -0.05) is 26.8 Å². The van der Waals surface area contributed by atoms with Gasteiger partial charge in [0.05, 0.1) is 22.9 Å². The van der Waals surface area contributed by atoms with Crippen LogP contribution in [0.2, 0.25) is 0 Å². The van der Waals surface area contributed by atoms with Gasteiger partial charge in [-0.25, -0.2) is 9.37 Å². The number of thiazole rings is 1. The highest BCUT2D eigenvalue weighted by Crippen LogP contribution is 2.25. The van der Waals surface area contributed by atoms with E-state index in [1.807, 2.05) is 5.38 Å². The van der Waals surface area contributed by atoms with Gasteiger partial charge in [0.25, 0.3) is 0 Å². The van der Waals surface area contributed by atoms with Crippen LogP contribution in [0.3, 0.4) is 0 Å². The fraction of sp³-hybridized carbons (Fsp3) is 0.353. The molecule has 0 radical (unpaired) electrons. The second kappa shape index (κ2) is 7.09. The Balaban J connectivity index is 1.93. The van der Waals surface area contributed by atoms with Gasteiger partial charge in [0, 0.05) is 10.8 Å². The first-order chi connectivity index (χ1) is 11.2. The van der Waals surface area contributed by atoms with Gasteiger partial charge in [-0.05, 0) is 24.6 Å². The minimum absolute atomic E-state index is 0.0150. The Hall–Kier alpha value is -2.28. The van der Waals surface area contributed by atoms with Gasteiger partial charge >= 0.3 is 11.8 Å². The Morgan fingerprint density at radius 2 is 1.96 bits per heavy atom. The average molecular weight is 349 g/mol. The van der Waals surface area contributed by atoms with Crippen LogP contribution in [0.15, 0.2) is 23.6 Å². The molecule has 24 heavy (non-hydrogen) atoms. The summed E-state index contributed by atoms with van der Waals surface area (Å²) < 4.78 is 13.6. The van der Waals surface area contributed by atoms with Crippen molar-refractivity contribution in [3.63, 3.8) is 0 Å². The molecule has 2 amide bonds.